The zero-order chi connectivity index (χ0) is 24.2. The highest BCUT2D eigenvalue weighted by Crippen LogP contribution is 2.23. The highest BCUT2D eigenvalue weighted by Gasteiger charge is 2.16. The molecule has 0 saturated carbocycles. The lowest BCUT2D eigenvalue weighted by Crippen LogP contribution is -2.16. The van der Waals surface area contributed by atoms with Gasteiger partial charge >= 0.3 is 0 Å². The Bertz CT molecular complexity index is 1520. The van der Waals surface area contributed by atoms with Gasteiger partial charge in [-0.1, -0.05) is 29.8 Å². The van der Waals surface area contributed by atoms with Gasteiger partial charge in [0.1, 0.15) is 11.4 Å². The number of hydrogen-bond donors (Lipinski definition) is 3. The van der Waals surface area contributed by atoms with E-state index in [1.165, 1.54) is 18.3 Å². The molecule has 3 aromatic heterocycles. The van der Waals surface area contributed by atoms with Crippen molar-refractivity contribution >= 4 is 58.2 Å². The molecule has 180 valence electrons. The van der Waals surface area contributed by atoms with Gasteiger partial charge in [0.2, 0.25) is 5.88 Å². The maximum absolute atomic E-state index is 12.8. The minimum atomic E-state index is -0.453. The van der Waals surface area contributed by atoms with E-state index >= 15 is 0 Å². The highest BCUT2D eigenvalue weighted by atomic mass is 35.5. The normalized spacial score (nSPS) is 10.4. The van der Waals surface area contributed by atoms with Gasteiger partial charge < -0.3 is 20.4 Å². The summed E-state index contributed by atoms with van der Waals surface area (Å²) in [6.07, 6.45) is 4.80. The molecule has 10 heteroatoms. The van der Waals surface area contributed by atoms with E-state index in [2.05, 4.69) is 25.6 Å². The Kier molecular flexibility index (Phi) is 7.48. The Morgan fingerprint density at radius 1 is 0.833 bits per heavy atom. The molecule has 3 N–H and O–H groups in total. The number of fused-ring (bicyclic) bond motifs is 1. The van der Waals surface area contributed by atoms with E-state index < -0.39 is 11.8 Å². The van der Waals surface area contributed by atoms with E-state index in [-0.39, 0.29) is 28.6 Å². The van der Waals surface area contributed by atoms with Gasteiger partial charge in [0.25, 0.3) is 11.8 Å². The number of pyridine rings is 2. The number of hydrogen-bond acceptors (Lipinski definition) is 5. The number of carbonyl (C=O) groups excluding carboxylic acids is 2. The number of nitrogens with zero attached hydrogens (tertiary/aromatic N) is 2. The summed E-state index contributed by atoms with van der Waals surface area (Å²) in [5, 5.41) is 6.60. The summed E-state index contributed by atoms with van der Waals surface area (Å²) < 4.78 is 5.66. The molecule has 0 fully saturated rings. The van der Waals surface area contributed by atoms with Crippen molar-refractivity contribution in [1.29, 1.82) is 0 Å². The molecule has 0 aliphatic carbocycles. The lowest BCUT2D eigenvalue weighted by atomic mass is 10.1. The van der Waals surface area contributed by atoms with Crippen molar-refractivity contribution in [1.82, 2.24) is 15.0 Å². The number of anilines is 2. The van der Waals surface area contributed by atoms with Gasteiger partial charge in [-0.05, 0) is 48.5 Å². The first kappa shape index (κ1) is 24.7. The number of carbonyl (C=O) groups is 2. The van der Waals surface area contributed by atoms with Crippen LogP contribution in [-0.4, -0.2) is 26.8 Å². The third kappa shape index (κ3) is 5.63. The van der Waals surface area contributed by atoms with Crippen molar-refractivity contribution in [3.63, 3.8) is 0 Å². The highest BCUT2D eigenvalue weighted by molar-refractivity contribution is 6.34. The van der Waals surface area contributed by atoms with Crippen molar-refractivity contribution in [2.24, 2.45) is 0 Å². The van der Waals surface area contributed by atoms with Crippen molar-refractivity contribution in [2.75, 3.05) is 10.6 Å². The van der Waals surface area contributed by atoms with Crippen LogP contribution >= 0.6 is 24.0 Å². The Labute approximate surface area is 217 Å². The zero-order valence-electron chi connectivity index (χ0n) is 18.6. The molecule has 36 heavy (non-hydrogen) atoms. The summed E-state index contributed by atoms with van der Waals surface area (Å²) >= 11 is 6.25. The van der Waals surface area contributed by atoms with Crippen LogP contribution in [0.5, 0.6) is 11.6 Å². The Morgan fingerprint density at radius 2 is 1.61 bits per heavy atom. The van der Waals surface area contributed by atoms with E-state index in [1.54, 1.807) is 36.7 Å². The van der Waals surface area contributed by atoms with Gasteiger partial charge in [0, 0.05) is 23.2 Å². The molecule has 0 atom stereocenters. The fourth-order valence-corrected chi connectivity index (χ4v) is 3.58. The smallest absolute Gasteiger partial charge is 0.257 e. The predicted molar refractivity (Wildman–Crippen MR) is 141 cm³/mol. The molecule has 2 amide bonds. The Hall–Kier alpha value is -4.40. The topological polar surface area (TPSA) is 109 Å². The summed E-state index contributed by atoms with van der Waals surface area (Å²) in [6, 6.07) is 20.7. The number of aromatic nitrogens is 3. The van der Waals surface area contributed by atoms with E-state index in [0.717, 1.165) is 5.39 Å². The Balaban J connectivity index is 0.00000304. The van der Waals surface area contributed by atoms with E-state index in [1.807, 2.05) is 36.4 Å². The van der Waals surface area contributed by atoms with E-state index in [0.29, 0.717) is 28.7 Å². The number of rotatable bonds is 6. The van der Waals surface area contributed by atoms with Crippen molar-refractivity contribution < 1.29 is 14.3 Å². The maximum atomic E-state index is 12.8. The number of H-pyrrole nitrogens is 1. The predicted octanol–water partition coefficient (Wildman–Crippen LogP) is 6.33. The zero-order valence-corrected chi connectivity index (χ0v) is 20.1. The summed E-state index contributed by atoms with van der Waals surface area (Å²) in [5.74, 6) is 0.189. The molecular weight excluding hydrogens is 501 g/mol. The monoisotopic (exact) mass is 519 g/mol. The third-order valence-corrected chi connectivity index (χ3v) is 5.42. The largest absolute Gasteiger partial charge is 0.439 e. The van der Waals surface area contributed by atoms with Crippen molar-refractivity contribution in [3.05, 3.63) is 108 Å². The Morgan fingerprint density at radius 3 is 2.39 bits per heavy atom. The van der Waals surface area contributed by atoms with Crippen LogP contribution in [-0.2, 0) is 0 Å². The fraction of sp³-hybridized carbons (Fsp3) is 0. The van der Waals surface area contributed by atoms with Crippen LogP contribution in [0.3, 0.4) is 0 Å². The van der Waals surface area contributed by atoms with Crippen LogP contribution in [0.25, 0.3) is 11.0 Å². The molecule has 0 aliphatic heterocycles. The quantitative estimate of drug-likeness (QED) is 0.243. The van der Waals surface area contributed by atoms with Gasteiger partial charge in [0.05, 0.1) is 34.4 Å². The summed E-state index contributed by atoms with van der Waals surface area (Å²) in [6.45, 7) is 0. The third-order valence-electron chi connectivity index (χ3n) is 5.09. The number of halogens is 2. The van der Waals surface area contributed by atoms with E-state index in [9.17, 15) is 9.59 Å². The van der Waals surface area contributed by atoms with Crippen LogP contribution < -0.4 is 15.4 Å². The van der Waals surface area contributed by atoms with Crippen LogP contribution in [0.1, 0.15) is 20.7 Å². The first-order valence-corrected chi connectivity index (χ1v) is 11.0. The maximum Gasteiger partial charge on any atom is 0.257 e. The molecule has 0 unspecified atom stereocenters. The number of nitrogens with one attached hydrogen (secondary N) is 3. The standard InChI is InChI=1S/C26H18ClN5O3.ClH/c27-22-8-6-17(13-21(22)26(34)32-19-12-16-10-11-28-24(16)30-15-19)25(33)31-18-7-9-23(29-14-18)35-20-4-2-1-3-5-20;/h1-15H,(H,28,30)(H,31,33)(H,32,34);1H. The summed E-state index contributed by atoms with van der Waals surface area (Å²) in [5.41, 5.74) is 2.13. The second kappa shape index (κ2) is 10.9. The molecular formula is C26H19Cl2N5O3. The molecule has 2 aromatic carbocycles. The fourth-order valence-electron chi connectivity index (χ4n) is 3.37. The first-order valence-electron chi connectivity index (χ1n) is 10.6. The lowest BCUT2D eigenvalue weighted by molar-refractivity contribution is 0.102. The lowest BCUT2D eigenvalue weighted by Gasteiger charge is -2.10. The van der Waals surface area contributed by atoms with Crippen molar-refractivity contribution in [2.45, 2.75) is 0 Å². The number of amides is 2. The average molecular weight is 520 g/mol. The molecule has 8 nitrogen and oxygen atoms in total. The minimum Gasteiger partial charge on any atom is -0.439 e. The summed E-state index contributed by atoms with van der Waals surface area (Å²) in [7, 11) is 0. The summed E-state index contributed by atoms with van der Waals surface area (Å²) in [4.78, 5) is 37.1. The van der Waals surface area contributed by atoms with Gasteiger partial charge in [-0.2, -0.15) is 0 Å². The van der Waals surface area contributed by atoms with Gasteiger partial charge in [-0.3, -0.25) is 9.59 Å². The van der Waals surface area contributed by atoms with Gasteiger partial charge in [-0.15, -0.1) is 12.4 Å². The van der Waals surface area contributed by atoms with E-state index in [4.69, 9.17) is 16.3 Å². The first-order chi connectivity index (χ1) is 17.0. The molecule has 5 aromatic rings. The number of para-hydroxylation sites is 1. The molecule has 0 saturated heterocycles. The second-order valence-electron chi connectivity index (χ2n) is 7.54. The van der Waals surface area contributed by atoms with Crippen LogP contribution in [0.4, 0.5) is 11.4 Å². The second-order valence-corrected chi connectivity index (χ2v) is 7.95. The molecule has 0 bridgehead atoms. The number of benzene rings is 2. The average Bonchev–Trinajstić information content (AvgIpc) is 3.34. The van der Waals surface area contributed by atoms with Gasteiger partial charge in [-0.25, -0.2) is 9.97 Å². The number of ether oxygens (including phenoxy) is 1. The minimum absolute atomic E-state index is 0. The molecule has 0 radical (unpaired) electrons. The number of aromatic amines is 1. The molecule has 0 spiro atoms. The molecule has 0 aliphatic rings. The van der Waals surface area contributed by atoms with Crippen LogP contribution in [0.2, 0.25) is 5.02 Å². The van der Waals surface area contributed by atoms with Crippen molar-refractivity contribution in [3.8, 4) is 11.6 Å². The molecule has 3 heterocycles. The van der Waals surface area contributed by atoms with Gasteiger partial charge in [0.15, 0.2) is 0 Å². The van der Waals surface area contributed by atoms with Crippen LogP contribution in [0, 0.1) is 0 Å². The van der Waals surface area contributed by atoms with Crippen LogP contribution in [0.15, 0.2) is 91.4 Å². The molecule has 5 rings (SSSR count). The SMILES string of the molecule is Cl.O=C(Nc1ccc(Oc2ccccc2)nc1)c1ccc(Cl)c(C(=O)Nc2cnc3[nH]ccc3c2)c1.